The molecular formula is C32H44ClN7O3. The first kappa shape index (κ1) is 30.9. The van der Waals surface area contributed by atoms with Crippen LogP contribution in [0.15, 0.2) is 36.4 Å². The number of piperidine rings is 2. The number of fused-ring (bicyclic) bond motifs is 1. The van der Waals surface area contributed by atoms with E-state index >= 15 is 0 Å². The fourth-order valence-electron chi connectivity index (χ4n) is 6.56. The molecule has 3 aliphatic heterocycles. The molecular weight excluding hydrogens is 566 g/mol. The number of rotatable bonds is 6. The maximum Gasteiger partial charge on any atom is 0.322 e. The Kier molecular flexibility index (Phi) is 9.66. The highest BCUT2D eigenvalue weighted by Crippen LogP contribution is 2.27. The number of para-hydroxylation sites is 1. The number of halogens is 1. The second-order valence-corrected chi connectivity index (χ2v) is 12.7. The predicted octanol–water partition coefficient (Wildman–Crippen LogP) is 3.96. The summed E-state index contributed by atoms with van der Waals surface area (Å²) < 4.78 is 0. The van der Waals surface area contributed by atoms with Crippen molar-refractivity contribution >= 4 is 40.9 Å². The predicted molar refractivity (Wildman–Crippen MR) is 170 cm³/mol. The Morgan fingerprint density at radius 1 is 1.05 bits per heavy atom. The number of carbonyl (C=O) groups is 3. The van der Waals surface area contributed by atoms with Crippen LogP contribution in [-0.2, 0) is 17.6 Å². The number of nitrogens with two attached hydrogens (primary N) is 1. The molecule has 3 aliphatic rings. The van der Waals surface area contributed by atoms with Gasteiger partial charge in [0.15, 0.2) is 0 Å². The summed E-state index contributed by atoms with van der Waals surface area (Å²) in [4.78, 5) is 48.2. The molecule has 0 aliphatic carbocycles. The van der Waals surface area contributed by atoms with Gasteiger partial charge in [-0.3, -0.25) is 4.79 Å². The highest BCUT2D eigenvalue weighted by molar-refractivity contribution is 6.33. The number of carbonyl (C=O) groups excluding carboxylic acids is 3. The Balaban J connectivity index is 1.23. The Labute approximate surface area is 259 Å². The third-order valence-corrected chi connectivity index (χ3v) is 9.59. The van der Waals surface area contributed by atoms with Gasteiger partial charge in [0.1, 0.15) is 6.04 Å². The van der Waals surface area contributed by atoms with E-state index in [9.17, 15) is 14.4 Å². The monoisotopic (exact) mass is 609 g/mol. The average Bonchev–Trinajstić information content (AvgIpc) is 3.17. The molecule has 2 saturated heterocycles. The molecule has 0 radical (unpaired) electrons. The molecule has 232 valence electrons. The van der Waals surface area contributed by atoms with Gasteiger partial charge in [-0.2, -0.15) is 0 Å². The van der Waals surface area contributed by atoms with Crippen LogP contribution in [0.3, 0.4) is 0 Å². The molecule has 0 aromatic heterocycles. The Bertz CT molecular complexity index is 1310. The lowest BCUT2D eigenvalue weighted by Crippen LogP contribution is -2.57. The number of hydrogen-bond donors (Lipinski definition) is 3. The molecule has 2 aromatic carbocycles. The standard InChI is InChI=1S/C32H44ClN7O3/c1-21-18-22(19-26(33)29(21)34)20-28(30(41)38-13-9-24(10-14-38)37(2)3)36-31(42)39-15-11-25(12-16-39)40-17-8-23-6-4-5-7-27(23)35-32(40)43/h4-7,18-19,24-25,28H,8-17,20,34H2,1-3H3,(H,35,43)(H,36,42)/t28-/m1/s1. The van der Waals surface area contributed by atoms with E-state index in [1.54, 1.807) is 11.0 Å². The average molecular weight is 610 g/mol. The Morgan fingerprint density at radius 2 is 1.72 bits per heavy atom. The molecule has 0 saturated carbocycles. The fraction of sp³-hybridized carbons (Fsp3) is 0.531. The first-order valence-electron chi connectivity index (χ1n) is 15.3. The van der Waals surface area contributed by atoms with Crippen LogP contribution < -0.4 is 16.4 Å². The van der Waals surface area contributed by atoms with Crippen LogP contribution in [0.25, 0.3) is 0 Å². The first-order valence-corrected chi connectivity index (χ1v) is 15.7. The fourth-order valence-corrected chi connectivity index (χ4v) is 6.85. The van der Waals surface area contributed by atoms with Crippen LogP contribution in [0.1, 0.15) is 42.4 Å². The van der Waals surface area contributed by atoms with E-state index in [0.29, 0.717) is 68.7 Å². The minimum atomic E-state index is -0.727. The van der Waals surface area contributed by atoms with Gasteiger partial charge in [0, 0.05) is 56.9 Å². The topological polar surface area (TPSA) is 114 Å². The van der Waals surface area contributed by atoms with E-state index in [-0.39, 0.29) is 24.0 Å². The molecule has 4 N–H and O–H groups in total. The number of anilines is 2. The number of aryl methyl sites for hydroxylation is 1. The van der Waals surface area contributed by atoms with Crippen LogP contribution in [-0.4, -0.2) is 103 Å². The minimum absolute atomic E-state index is 0.0497. The second kappa shape index (κ2) is 13.4. The van der Waals surface area contributed by atoms with Gasteiger partial charge in [0.2, 0.25) is 5.91 Å². The molecule has 0 bridgehead atoms. The Morgan fingerprint density at radius 3 is 2.40 bits per heavy atom. The SMILES string of the molecule is Cc1cc(C[C@@H](NC(=O)N2CCC(N3CCc4ccccc4NC3=O)CC2)C(=O)N2CCC(N(C)C)CC2)cc(Cl)c1N. The molecule has 1 atom stereocenters. The number of nitrogen functional groups attached to an aromatic ring is 1. The van der Waals surface area contributed by atoms with Crippen molar-refractivity contribution in [2.75, 3.05) is 57.9 Å². The van der Waals surface area contributed by atoms with E-state index in [1.165, 1.54) is 0 Å². The maximum atomic E-state index is 13.8. The van der Waals surface area contributed by atoms with Gasteiger partial charge in [0.25, 0.3) is 0 Å². The van der Waals surface area contributed by atoms with Crippen molar-refractivity contribution in [1.29, 1.82) is 0 Å². The van der Waals surface area contributed by atoms with Crippen molar-refractivity contribution in [3.8, 4) is 0 Å². The molecule has 0 unspecified atom stereocenters. The lowest BCUT2D eigenvalue weighted by Gasteiger charge is -2.39. The lowest BCUT2D eigenvalue weighted by molar-refractivity contribution is -0.134. The molecule has 43 heavy (non-hydrogen) atoms. The minimum Gasteiger partial charge on any atom is -0.397 e. The molecule has 11 heteroatoms. The number of amides is 5. The van der Waals surface area contributed by atoms with Gasteiger partial charge in [-0.05, 0) is 81.9 Å². The number of likely N-dealkylation sites (tertiary alicyclic amines) is 2. The first-order chi connectivity index (χ1) is 20.6. The van der Waals surface area contributed by atoms with Gasteiger partial charge in [-0.1, -0.05) is 35.9 Å². The molecule has 5 amide bonds. The van der Waals surface area contributed by atoms with E-state index < -0.39 is 6.04 Å². The molecule has 5 rings (SSSR count). The zero-order chi connectivity index (χ0) is 30.7. The van der Waals surface area contributed by atoms with E-state index in [4.69, 9.17) is 17.3 Å². The van der Waals surface area contributed by atoms with Gasteiger partial charge in [-0.25, -0.2) is 9.59 Å². The smallest absolute Gasteiger partial charge is 0.322 e. The highest BCUT2D eigenvalue weighted by atomic mass is 35.5. The summed E-state index contributed by atoms with van der Waals surface area (Å²) in [5.41, 5.74) is 10.3. The summed E-state index contributed by atoms with van der Waals surface area (Å²) in [5, 5.41) is 6.56. The number of hydrogen-bond acceptors (Lipinski definition) is 5. The van der Waals surface area contributed by atoms with Crippen molar-refractivity contribution < 1.29 is 14.4 Å². The second-order valence-electron chi connectivity index (χ2n) is 12.3. The normalized spacial score (nSPS) is 19.1. The summed E-state index contributed by atoms with van der Waals surface area (Å²) in [6, 6.07) is 11.0. The molecule has 2 aromatic rings. The number of nitrogens with zero attached hydrogens (tertiary/aromatic N) is 4. The van der Waals surface area contributed by atoms with E-state index in [0.717, 1.165) is 41.6 Å². The highest BCUT2D eigenvalue weighted by Gasteiger charge is 2.34. The van der Waals surface area contributed by atoms with Gasteiger partial charge in [0.05, 0.1) is 10.7 Å². The van der Waals surface area contributed by atoms with Gasteiger partial charge < -0.3 is 36.0 Å². The summed E-state index contributed by atoms with van der Waals surface area (Å²) in [6.45, 7) is 4.86. The van der Waals surface area contributed by atoms with Crippen LogP contribution in [0.5, 0.6) is 0 Å². The zero-order valence-electron chi connectivity index (χ0n) is 25.4. The van der Waals surface area contributed by atoms with Crippen LogP contribution >= 0.6 is 11.6 Å². The lowest BCUT2D eigenvalue weighted by atomic mass is 9.99. The van der Waals surface area contributed by atoms with Crippen molar-refractivity contribution in [2.24, 2.45) is 0 Å². The van der Waals surface area contributed by atoms with Gasteiger partial charge >= 0.3 is 12.1 Å². The summed E-state index contributed by atoms with van der Waals surface area (Å²) >= 11 is 6.38. The molecule has 0 spiro atoms. The number of benzene rings is 2. The van der Waals surface area contributed by atoms with E-state index in [2.05, 4.69) is 29.6 Å². The quantitative estimate of drug-likeness (QED) is 0.429. The maximum absolute atomic E-state index is 13.8. The molecule has 3 heterocycles. The van der Waals surface area contributed by atoms with Crippen molar-refractivity contribution in [3.63, 3.8) is 0 Å². The summed E-state index contributed by atoms with van der Waals surface area (Å²) in [6.07, 6.45) is 4.27. The third-order valence-electron chi connectivity index (χ3n) is 9.27. The van der Waals surface area contributed by atoms with Crippen LogP contribution in [0.2, 0.25) is 5.02 Å². The van der Waals surface area contributed by atoms with Crippen molar-refractivity contribution in [3.05, 3.63) is 58.1 Å². The van der Waals surface area contributed by atoms with Crippen LogP contribution in [0, 0.1) is 6.92 Å². The number of urea groups is 2. The van der Waals surface area contributed by atoms with Gasteiger partial charge in [-0.15, -0.1) is 0 Å². The third kappa shape index (κ3) is 7.18. The van der Waals surface area contributed by atoms with Crippen molar-refractivity contribution in [1.82, 2.24) is 24.9 Å². The summed E-state index contributed by atoms with van der Waals surface area (Å²) in [7, 11) is 4.14. The van der Waals surface area contributed by atoms with Crippen LogP contribution in [0.4, 0.5) is 21.0 Å². The molecule has 2 fully saturated rings. The zero-order valence-corrected chi connectivity index (χ0v) is 26.2. The van der Waals surface area contributed by atoms with E-state index in [1.807, 2.05) is 47.1 Å². The molecule has 10 nitrogen and oxygen atoms in total. The Hall–Kier alpha value is -3.50. The summed E-state index contributed by atoms with van der Waals surface area (Å²) in [5.74, 6) is -0.0770. The van der Waals surface area contributed by atoms with Crippen molar-refractivity contribution in [2.45, 2.75) is 63.6 Å². The number of nitrogens with one attached hydrogen (secondary N) is 2. The largest absolute Gasteiger partial charge is 0.397 e.